The number of ether oxygens (including phenoxy) is 4. The lowest BCUT2D eigenvalue weighted by molar-refractivity contribution is -0.213. The highest BCUT2D eigenvalue weighted by atomic mass is 32.2. The fourth-order valence-corrected chi connectivity index (χ4v) is 5.66. The van der Waals surface area contributed by atoms with E-state index in [9.17, 15) is 27.5 Å². The number of aliphatic hydroxyl groups is 1. The second-order valence-electron chi connectivity index (χ2n) is 6.83. The summed E-state index contributed by atoms with van der Waals surface area (Å²) in [6, 6.07) is 1.48. The zero-order valence-corrected chi connectivity index (χ0v) is 16.6. The number of fused-ring (bicyclic) bond motifs is 5. The number of hydrogen-bond acceptors (Lipinski definition) is 8. The summed E-state index contributed by atoms with van der Waals surface area (Å²) < 4.78 is 82.3. The van der Waals surface area contributed by atoms with E-state index in [1.54, 1.807) is 0 Å². The number of thioether (sulfide) groups is 1. The second kappa shape index (κ2) is 6.58. The van der Waals surface area contributed by atoms with E-state index >= 15 is 0 Å². The van der Waals surface area contributed by atoms with Crippen LogP contribution in [0.5, 0.6) is 17.2 Å². The summed E-state index contributed by atoms with van der Waals surface area (Å²) in [5.41, 5.74) is -2.53. The van der Waals surface area contributed by atoms with Crippen molar-refractivity contribution in [3.63, 3.8) is 0 Å². The Bertz CT molecular complexity index is 1030. The molecule has 1 N–H and O–H groups in total. The van der Waals surface area contributed by atoms with E-state index in [1.807, 2.05) is 0 Å². The molecule has 0 spiro atoms. The topological polar surface area (TPSA) is 87.4 Å². The monoisotopic (exact) mass is 452 g/mol. The molecule has 2 aliphatic heterocycles. The molecule has 1 aromatic heterocycles. The Labute approximate surface area is 171 Å². The van der Waals surface area contributed by atoms with Crippen molar-refractivity contribution in [2.45, 2.75) is 34.6 Å². The first kappa shape index (κ1) is 20.9. The molecule has 0 unspecified atom stereocenters. The van der Waals surface area contributed by atoms with Crippen molar-refractivity contribution >= 4 is 28.7 Å². The van der Waals surface area contributed by atoms with E-state index in [2.05, 4.69) is 4.74 Å². The van der Waals surface area contributed by atoms with Crippen LogP contribution in [0.25, 0.3) is 11.0 Å². The van der Waals surface area contributed by atoms with E-state index < -0.39 is 46.3 Å². The van der Waals surface area contributed by atoms with Gasteiger partial charge in [-0.05, 0) is 6.07 Å². The molecular formula is C18H16F4O7S. The summed E-state index contributed by atoms with van der Waals surface area (Å²) in [4.78, 5) is 9.42. The van der Waals surface area contributed by atoms with Gasteiger partial charge in [0.15, 0.2) is 11.3 Å². The van der Waals surface area contributed by atoms with Crippen molar-refractivity contribution in [3.8, 4) is 17.2 Å². The summed E-state index contributed by atoms with van der Waals surface area (Å²) in [5, 5.41) is 10.1. The van der Waals surface area contributed by atoms with Crippen molar-refractivity contribution in [1.82, 2.24) is 0 Å². The van der Waals surface area contributed by atoms with E-state index in [-0.39, 0.29) is 34.4 Å². The molecule has 0 saturated carbocycles. The van der Waals surface area contributed by atoms with E-state index in [4.69, 9.17) is 18.6 Å². The molecule has 2 aromatic rings. The standard InChI is InChI=1S/C18H16F4O7S/c1-25-9-7-4-5-28-10(7)12(26-2)11-8(9)16(24)6-17(29-11,18(21,22)15(19)20)30-13(16)14(23)27-3/h4-5,13,15,24H,6H2,1-3H3/t13-,16+,17+/m1/s1. The molecule has 3 atom stereocenters. The SMILES string of the molecule is COC(=O)[C@H]1S[C@]2(C(F)(F)C(F)F)C[C@]1(O)c1c(c(OC)c3occc3c1OC)O2. The third-order valence-corrected chi connectivity index (χ3v) is 7.02. The van der Waals surface area contributed by atoms with Crippen molar-refractivity contribution in [3.05, 3.63) is 17.9 Å². The van der Waals surface area contributed by atoms with Crippen LogP contribution in [-0.2, 0) is 15.1 Å². The molecule has 2 bridgehead atoms. The summed E-state index contributed by atoms with van der Waals surface area (Å²) in [7, 11) is 3.44. The molecule has 1 aromatic carbocycles. The number of halogens is 4. The Hall–Kier alpha value is -2.34. The molecule has 4 rings (SSSR count). The quantitative estimate of drug-likeness (QED) is 0.546. The van der Waals surface area contributed by atoms with Crippen molar-refractivity contribution in [2.75, 3.05) is 21.3 Å². The highest BCUT2D eigenvalue weighted by molar-refractivity contribution is 8.02. The van der Waals surface area contributed by atoms with Crippen LogP contribution in [0.15, 0.2) is 16.7 Å². The zero-order valence-electron chi connectivity index (χ0n) is 15.8. The molecule has 12 heteroatoms. The first-order valence-corrected chi connectivity index (χ1v) is 9.44. The molecule has 1 fully saturated rings. The van der Waals surface area contributed by atoms with Gasteiger partial charge in [0.05, 0.1) is 38.5 Å². The molecule has 0 amide bonds. The molecule has 3 heterocycles. The van der Waals surface area contributed by atoms with Gasteiger partial charge < -0.3 is 28.5 Å². The zero-order chi connectivity index (χ0) is 22.1. The maximum Gasteiger partial charge on any atom is 0.355 e. The largest absolute Gasteiger partial charge is 0.495 e. The van der Waals surface area contributed by atoms with Crippen LogP contribution in [0.3, 0.4) is 0 Å². The maximum atomic E-state index is 14.7. The predicted molar refractivity (Wildman–Crippen MR) is 95.5 cm³/mol. The Morgan fingerprint density at radius 2 is 1.97 bits per heavy atom. The van der Waals surface area contributed by atoms with Crippen LogP contribution in [0, 0.1) is 0 Å². The molecular weight excluding hydrogens is 436 g/mol. The average Bonchev–Trinajstić information content (AvgIpc) is 3.27. The van der Waals surface area contributed by atoms with Gasteiger partial charge in [-0.1, -0.05) is 11.8 Å². The lowest BCUT2D eigenvalue weighted by Gasteiger charge is -2.42. The fraction of sp³-hybridized carbons (Fsp3) is 0.500. The van der Waals surface area contributed by atoms with E-state index in [0.29, 0.717) is 5.39 Å². The summed E-state index contributed by atoms with van der Waals surface area (Å²) in [6.45, 7) is 0. The summed E-state index contributed by atoms with van der Waals surface area (Å²) >= 11 is 0.0811. The lowest BCUT2D eigenvalue weighted by Crippen LogP contribution is -2.56. The number of alkyl halides is 4. The molecule has 2 aliphatic rings. The summed E-state index contributed by atoms with van der Waals surface area (Å²) in [6.07, 6.45) is -3.88. The molecule has 7 nitrogen and oxygen atoms in total. The third-order valence-electron chi connectivity index (χ3n) is 5.33. The van der Waals surface area contributed by atoms with Gasteiger partial charge >= 0.3 is 18.3 Å². The number of hydrogen-bond donors (Lipinski definition) is 1. The number of carbonyl (C=O) groups is 1. The van der Waals surface area contributed by atoms with Gasteiger partial charge in [-0.15, -0.1) is 0 Å². The number of rotatable bonds is 5. The predicted octanol–water partition coefficient (Wildman–Crippen LogP) is 3.31. The van der Waals surface area contributed by atoms with Crippen LogP contribution in [0.4, 0.5) is 17.6 Å². The fourth-order valence-electron chi connectivity index (χ4n) is 4.01. The number of benzene rings is 1. The molecule has 0 aliphatic carbocycles. The molecule has 30 heavy (non-hydrogen) atoms. The first-order chi connectivity index (χ1) is 14.1. The normalized spacial score (nSPS) is 27.7. The van der Waals surface area contributed by atoms with Crippen molar-refractivity contribution < 1.29 is 50.8 Å². The smallest absolute Gasteiger partial charge is 0.355 e. The van der Waals surface area contributed by atoms with Gasteiger partial charge in [0.1, 0.15) is 16.6 Å². The highest BCUT2D eigenvalue weighted by Crippen LogP contribution is 2.69. The number of methoxy groups -OCH3 is 3. The second-order valence-corrected chi connectivity index (χ2v) is 8.20. The van der Waals surface area contributed by atoms with Gasteiger partial charge in [-0.3, -0.25) is 4.79 Å². The average molecular weight is 452 g/mol. The third kappa shape index (κ3) is 2.40. The molecule has 1 saturated heterocycles. The highest BCUT2D eigenvalue weighted by Gasteiger charge is 2.76. The van der Waals surface area contributed by atoms with Crippen LogP contribution in [0.2, 0.25) is 0 Å². The molecule has 0 radical (unpaired) electrons. The Kier molecular flexibility index (Phi) is 4.59. The van der Waals surface area contributed by atoms with Gasteiger partial charge in [0.2, 0.25) is 10.7 Å². The Balaban J connectivity index is 2.10. The lowest BCUT2D eigenvalue weighted by atomic mass is 9.79. The van der Waals surface area contributed by atoms with Gasteiger partial charge in [-0.25, -0.2) is 8.78 Å². The van der Waals surface area contributed by atoms with Gasteiger partial charge in [0.25, 0.3) is 0 Å². The van der Waals surface area contributed by atoms with Crippen molar-refractivity contribution in [2.24, 2.45) is 0 Å². The van der Waals surface area contributed by atoms with Gasteiger partial charge in [-0.2, -0.15) is 8.78 Å². The van der Waals surface area contributed by atoms with Crippen LogP contribution >= 0.6 is 11.8 Å². The van der Waals surface area contributed by atoms with Crippen LogP contribution in [0.1, 0.15) is 12.0 Å². The van der Waals surface area contributed by atoms with E-state index in [0.717, 1.165) is 7.11 Å². The van der Waals surface area contributed by atoms with Crippen LogP contribution < -0.4 is 14.2 Å². The molecule has 164 valence electrons. The Morgan fingerprint density at radius 3 is 2.53 bits per heavy atom. The number of carbonyl (C=O) groups excluding carboxylic acids is 1. The summed E-state index contributed by atoms with van der Waals surface area (Å²) in [5.74, 6) is -6.52. The van der Waals surface area contributed by atoms with E-state index in [1.165, 1.54) is 26.5 Å². The maximum absolute atomic E-state index is 14.7. The van der Waals surface area contributed by atoms with Crippen LogP contribution in [-0.4, -0.2) is 54.9 Å². The minimum Gasteiger partial charge on any atom is -0.495 e. The minimum absolute atomic E-state index is 0.0255. The number of furan rings is 1. The van der Waals surface area contributed by atoms with Gasteiger partial charge in [0, 0.05) is 6.42 Å². The number of esters is 1. The minimum atomic E-state index is -4.73. The van der Waals surface area contributed by atoms with Crippen molar-refractivity contribution in [1.29, 1.82) is 0 Å². The first-order valence-electron chi connectivity index (χ1n) is 8.56. The Morgan fingerprint density at radius 1 is 1.30 bits per heavy atom.